The van der Waals surface area contributed by atoms with Crippen LogP contribution in [0.15, 0.2) is 59.6 Å². The number of unbranched alkanes of at least 4 members (excludes halogenated alkanes) is 2. The molecule has 0 aliphatic rings. The summed E-state index contributed by atoms with van der Waals surface area (Å²) in [5, 5.41) is 4.47. The van der Waals surface area contributed by atoms with Crippen LogP contribution in [0.2, 0.25) is 0 Å². The van der Waals surface area contributed by atoms with E-state index >= 15 is 0 Å². The third kappa shape index (κ3) is 7.32. The van der Waals surface area contributed by atoms with Crippen LogP contribution in [-0.2, 0) is 36.7 Å². The highest BCUT2D eigenvalue weighted by atomic mass is 32.2. The second-order valence-electron chi connectivity index (χ2n) is 9.01. The number of sulfonamides is 1. The van der Waals surface area contributed by atoms with Gasteiger partial charge in [-0.3, -0.25) is 4.68 Å². The molecule has 0 radical (unpaired) electrons. The lowest BCUT2D eigenvalue weighted by molar-refractivity contribution is 0.309. The normalized spacial score (nSPS) is 11.9. The summed E-state index contributed by atoms with van der Waals surface area (Å²) < 4.78 is 41.3. The minimum absolute atomic E-state index is 0.0592. The van der Waals surface area contributed by atoms with Crippen molar-refractivity contribution < 1.29 is 17.9 Å². The fourth-order valence-electron chi connectivity index (χ4n) is 3.97. The van der Waals surface area contributed by atoms with Crippen LogP contribution in [0.1, 0.15) is 43.0 Å². The van der Waals surface area contributed by atoms with Crippen LogP contribution in [0, 0.1) is 0 Å². The fraction of sp³-hybridized carbons (Fsp3) is 0.444. The highest BCUT2D eigenvalue weighted by Crippen LogP contribution is 2.23. The third-order valence-electron chi connectivity index (χ3n) is 6.17. The fourth-order valence-corrected chi connectivity index (χ4v) is 5.38. The summed E-state index contributed by atoms with van der Waals surface area (Å²) in [6.45, 7) is 4.20. The van der Waals surface area contributed by atoms with Crippen molar-refractivity contribution in [1.29, 1.82) is 0 Å². The SMILES string of the molecule is CCCCCN(C)Cc1cc(S(=O)(=O)N(Cc2ccc(OC)cc2)Cc2ccc(OC)cc2)nn1C. The first kappa shape index (κ1) is 27.7. The van der Waals surface area contributed by atoms with Crippen molar-refractivity contribution in [2.45, 2.75) is 50.8 Å². The molecule has 0 aliphatic carbocycles. The second-order valence-corrected chi connectivity index (χ2v) is 10.9. The Kier molecular flexibility index (Phi) is 9.92. The molecule has 0 saturated heterocycles. The van der Waals surface area contributed by atoms with E-state index in [4.69, 9.17) is 9.47 Å². The molecule has 36 heavy (non-hydrogen) atoms. The summed E-state index contributed by atoms with van der Waals surface area (Å²) in [5.41, 5.74) is 2.58. The van der Waals surface area contributed by atoms with Gasteiger partial charge in [0.2, 0.25) is 0 Å². The number of ether oxygens (including phenoxy) is 2. The van der Waals surface area contributed by atoms with Gasteiger partial charge in [0, 0.05) is 32.7 Å². The van der Waals surface area contributed by atoms with Gasteiger partial charge in [0.15, 0.2) is 5.03 Å². The summed E-state index contributed by atoms with van der Waals surface area (Å²) in [6.07, 6.45) is 3.47. The van der Waals surface area contributed by atoms with Gasteiger partial charge >= 0.3 is 0 Å². The van der Waals surface area contributed by atoms with E-state index in [1.165, 1.54) is 17.1 Å². The number of hydrogen-bond acceptors (Lipinski definition) is 6. The van der Waals surface area contributed by atoms with E-state index in [9.17, 15) is 8.42 Å². The first-order valence-corrected chi connectivity index (χ1v) is 13.7. The number of hydrogen-bond donors (Lipinski definition) is 0. The van der Waals surface area contributed by atoms with Crippen molar-refractivity contribution in [3.8, 4) is 11.5 Å². The summed E-state index contributed by atoms with van der Waals surface area (Å²) in [4.78, 5) is 2.20. The van der Waals surface area contributed by atoms with Gasteiger partial charge in [-0.25, -0.2) is 8.42 Å². The smallest absolute Gasteiger partial charge is 0.262 e. The molecule has 0 aliphatic heterocycles. The predicted octanol–water partition coefficient (Wildman–Crippen LogP) is 4.45. The molecular formula is C27H38N4O4S. The lowest BCUT2D eigenvalue weighted by Gasteiger charge is -2.21. The number of methoxy groups -OCH3 is 2. The quantitative estimate of drug-likeness (QED) is 0.296. The van der Waals surface area contributed by atoms with Crippen LogP contribution in [0.5, 0.6) is 11.5 Å². The van der Waals surface area contributed by atoms with Crippen molar-refractivity contribution in [1.82, 2.24) is 19.0 Å². The average Bonchev–Trinajstić information content (AvgIpc) is 3.25. The topological polar surface area (TPSA) is 76.9 Å². The van der Waals surface area contributed by atoms with E-state index in [-0.39, 0.29) is 18.1 Å². The van der Waals surface area contributed by atoms with E-state index in [0.29, 0.717) is 6.54 Å². The van der Waals surface area contributed by atoms with Gasteiger partial charge in [0.1, 0.15) is 11.5 Å². The maximum Gasteiger partial charge on any atom is 0.262 e. The minimum atomic E-state index is -3.87. The van der Waals surface area contributed by atoms with E-state index in [1.807, 2.05) is 48.5 Å². The monoisotopic (exact) mass is 514 g/mol. The van der Waals surface area contributed by atoms with E-state index in [1.54, 1.807) is 32.0 Å². The average molecular weight is 515 g/mol. The number of rotatable bonds is 14. The molecule has 0 saturated carbocycles. The van der Waals surface area contributed by atoms with Gasteiger partial charge in [-0.2, -0.15) is 9.40 Å². The summed E-state index contributed by atoms with van der Waals surface area (Å²) >= 11 is 0. The summed E-state index contributed by atoms with van der Waals surface area (Å²) in [6, 6.07) is 16.5. The van der Waals surface area contributed by atoms with Gasteiger partial charge in [-0.05, 0) is 55.4 Å². The maximum atomic E-state index is 13.8. The number of nitrogens with zero attached hydrogens (tertiary/aromatic N) is 4. The Morgan fingerprint density at radius 1 is 0.861 bits per heavy atom. The number of aryl methyl sites for hydroxylation is 1. The summed E-state index contributed by atoms with van der Waals surface area (Å²) in [7, 11) is 3.20. The molecule has 0 atom stereocenters. The Morgan fingerprint density at radius 2 is 1.39 bits per heavy atom. The van der Waals surface area contributed by atoms with Crippen molar-refractivity contribution in [3.63, 3.8) is 0 Å². The Balaban J connectivity index is 1.87. The Morgan fingerprint density at radius 3 is 1.86 bits per heavy atom. The van der Waals surface area contributed by atoms with E-state index in [2.05, 4.69) is 24.0 Å². The molecule has 1 aromatic heterocycles. The third-order valence-corrected chi connectivity index (χ3v) is 7.84. The first-order valence-electron chi connectivity index (χ1n) is 12.2. The number of aromatic nitrogens is 2. The molecule has 8 nitrogen and oxygen atoms in total. The maximum absolute atomic E-state index is 13.8. The zero-order chi connectivity index (χ0) is 26.1. The van der Waals surface area contributed by atoms with Crippen LogP contribution < -0.4 is 9.47 Å². The van der Waals surface area contributed by atoms with Crippen LogP contribution >= 0.6 is 0 Å². The Hall–Kier alpha value is -2.88. The number of benzene rings is 2. The summed E-state index contributed by atoms with van der Waals surface area (Å²) in [5.74, 6) is 1.45. The van der Waals surface area contributed by atoms with Crippen molar-refractivity contribution in [2.75, 3.05) is 27.8 Å². The largest absolute Gasteiger partial charge is 0.497 e. The molecule has 3 rings (SSSR count). The van der Waals surface area contributed by atoms with Crippen LogP contribution in [0.25, 0.3) is 0 Å². The van der Waals surface area contributed by atoms with Crippen LogP contribution in [0.3, 0.4) is 0 Å². The molecule has 0 bridgehead atoms. The molecule has 2 aromatic carbocycles. The molecule has 1 heterocycles. The lowest BCUT2D eigenvalue weighted by Crippen LogP contribution is -2.30. The molecular weight excluding hydrogens is 476 g/mol. The van der Waals surface area contributed by atoms with Gasteiger partial charge in [0.05, 0.1) is 19.9 Å². The van der Waals surface area contributed by atoms with Crippen molar-refractivity contribution >= 4 is 10.0 Å². The molecule has 0 spiro atoms. The lowest BCUT2D eigenvalue weighted by atomic mass is 10.2. The van der Waals surface area contributed by atoms with Crippen LogP contribution in [-0.4, -0.2) is 55.2 Å². The van der Waals surface area contributed by atoms with Crippen molar-refractivity contribution in [3.05, 3.63) is 71.4 Å². The minimum Gasteiger partial charge on any atom is -0.497 e. The molecule has 0 N–H and O–H groups in total. The van der Waals surface area contributed by atoms with Crippen LogP contribution in [0.4, 0.5) is 0 Å². The molecule has 0 fully saturated rings. The zero-order valence-corrected chi connectivity index (χ0v) is 22.8. The second kappa shape index (κ2) is 12.9. The predicted molar refractivity (Wildman–Crippen MR) is 141 cm³/mol. The molecule has 196 valence electrons. The first-order chi connectivity index (χ1) is 17.3. The Bertz CT molecular complexity index is 1140. The highest BCUT2D eigenvalue weighted by molar-refractivity contribution is 7.89. The van der Waals surface area contributed by atoms with E-state index in [0.717, 1.165) is 41.3 Å². The highest BCUT2D eigenvalue weighted by Gasteiger charge is 2.28. The molecule has 0 amide bonds. The van der Waals surface area contributed by atoms with Gasteiger partial charge < -0.3 is 14.4 Å². The molecule has 3 aromatic rings. The molecule has 0 unspecified atom stereocenters. The van der Waals surface area contributed by atoms with Gasteiger partial charge in [0.25, 0.3) is 10.0 Å². The van der Waals surface area contributed by atoms with Gasteiger partial charge in [-0.1, -0.05) is 44.0 Å². The zero-order valence-electron chi connectivity index (χ0n) is 22.0. The van der Waals surface area contributed by atoms with E-state index < -0.39 is 10.0 Å². The van der Waals surface area contributed by atoms with Gasteiger partial charge in [-0.15, -0.1) is 0 Å². The standard InChI is InChI=1S/C27H38N4O4S/c1-6-7-8-17-29(2)21-24-18-27(28-30(24)3)36(32,33)31(19-22-9-13-25(34-4)14-10-22)20-23-11-15-26(35-5)16-12-23/h9-16,18H,6-8,17,19-21H2,1-5H3. The molecule has 9 heteroatoms. The Labute approximate surface area is 215 Å². The van der Waals surface area contributed by atoms with Crippen molar-refractivity contribution in [2.24, 2.45) is 7.05 Å².